The van der Waals surface area contributed by atoms with Gasteiger partial charge in [0.25, 0.3) is 0 Å². The minimum atomic E-state index is -0.273. The number of anilines is 1. The van der Waals surface area contributed by atoms with Crippen LogP contribution in [0, 0.1) is 19.7 Å². The third-order valence-corrected chi connectivity index (χ3v) is 5.39. The second-order valence-electron chi connectivity index (χ2n) is 7.33. The van der Waals surface area contributed by atoms with Crippen molar-refractivity contribution in [3.63, 3.8) is 0 Å². The van der Waals surface area contributed by atoms with Crippen LogP contribution in [-0.2, 0) is 6.54 Å². The molecule has 0 amide bonds. The molecular weight excluding hydrogens is 381 g/mol. The van der Waals surface area contributed by atoms with Gasteiger partial charge in [0.1, 0.15) is 11.9 Å². The van der Waals surface area contributed by atoms with E-state index in [4.69, 9.17) is 5.10 Å². The summed E-state index contributed by atoms with van der Waals surface area (Å²) in [5.74, 6) is 0.266. The predicted octanol–water partition coefficient (Wildman–Crippen LogP) is 3.73. The highest BCUT2D eigenvalue weighted by Gasteiger charge is 2.29. The maximum Gasteiger partial charge on any atom is 0.248 e. The first-order valence-electron chi connectivity index (χ1n) is 9.70. The van der Waals surface area contributed by atoms with Gasteiger partial charge in [-0.25, -0.2) is 4.39 Å². The summed E-state index contributed by atoms with van der Waals surface area (Å²) in [7, 11) is 0. The molecule has 2 aromatic carbocycles. The number of tetrazole rings is 1. The Kier molecular flexibility index (Phi) is 4.39. The standard InChI is InChI=1S/C22H20FN7/c1-14-21(15(2)29(26-14)13-16-6-4-3-5-7-16)20-12-19(17-8-10-18(23)11-9-17)24-22-25-27-28-30(20)22/h3-12,20H,13H2,1-2H3,(H,24,25,28). The highest BCUT2D eigenvalue weighted by molar-refractivity contribution is 5.77. The molecule has 7 nitrogen and oxygen atoms in total. The third-order valence-electron chi connectivity index (χ3n) is 5.39. The first-order chi connectivity index (χ1) is 14.6. The van der Waals surface area contributed by atoms with E-state index in [2.05, 4.69) is 46.0 Å². The van der Waals surface area contributed by atoms with Gasteiger partial charge < -0.3 is 5.32 Å². The Hall–Kier alpha value is -3.81. The van der Waals surface area contributed by atoms with Crippen LogP contribution in [0.25, 0.3) is 5.70 Å². The van der Waals surface area contributed by atoms with Crippen LogP contribution in [0.15, 0.2) is 60.7 Å². The fraction of sp³-hybridized carbons (Fsp3) is 0.182. The molecule has 0 aliphatic carbocycles. The SMILES string of the molecule is Cc1nn(Cc2ccccc2)c(C)c1C1C=C(c2ccc(F)cc2)Nc2nnnn21. The number of aryl methyl sites for hydroxylation is 1. The molecule has 0 saturated heterocycles. The fourth-order valence-corrected chi connectivity index (χ4v) is 3.91. The van der Waals surface area contributed by atoms with E-state index in [1.165, 1.54) is 17.7 Å². The van der Waals surface area contributed by atoms with Gasteiger partial charge in [0.2, 0.25) is 5.95 Å². The number of allylic oxidation sites excluding steroid dienone is 1. The van der Waals surface area contributed by atoms with Crippen molar-refractivity contribution in [1.82, 2.24) is 30.0 Å². The maximum atomic E-state index is 13.4. The number of rotatable bonds is 4. The molecule has 1 aliphatic rings. The molecular formula is C22H20FN7. The molecule has 3 heterocycles. The summed E-state index contributed by atoms with van der Waals surface area (Å²) in [4.78, 5) is 0. The number of fused-ring (bicyclic) bond motifs is 1. The van der Waals surface area contributed by atoms with Gasteiger partial charge >= 0.3 is 0 Å². The minimum absolute atomic E-state index is 0.221. The normalized spacial score (nSPS) is 15.4. The summed E-state index contributed by atoms with van der Waals surface area (Å²) in [6.07, 6.45) is 2.06. The third kappa shape index (κ3) is 3.16. The lowest BCUT2D eigenvalue weighted by Crippen LogP contribution is -2.21. The number of nitrogens with zero attached hydrogens (tertiary/aromatic N) is 6. The monoisotopic (exact) mass is 401 g/mol. The van der Waals surface area contributed by atoms with Gasteiger partial charge in [0, 0.05) is 17.0 Å². The van der Waals surface area contributed by atoms with E-state index in [-0.39, 0.29) is 11.9 Å². The number of hydrogen-bond acceptors (Lipinski definition) is 5. The van der Waals surface area contributed by atoms with Crippen molar-refractivity contribution in [3.8, 4) is 0 Å². The Bertz CT molecular complexity index is 1220. The number of nitrogens with one attached hydrogen (secondary N) is 1. The van der Waals surface area contributed by atoms with E-state index < -0.39 is 0 Å². The average molecular weight is 401 g/mol. The van der Waals surface area contributed by atoms with E-state index in [1.807, 2.05) is 29.8 Å². The number of hydrogen-bond donors (Lipinski definition) is 1. The molecule has 1 unspecified atom stereocenters. The van der Waals surface area contributed by atoms with Gasteiger partial charge in [0.05, 0.1) is 12.2 Å². The Balaban J connectivity index is 1.58. The summed E-state index contributed by atoms with van der Waals surface area (Å²) < 4.78 is 17.1. The molecule has 0 bridgehead atoms. The zero-order valence-corrected chi connectivity index (χ0v) is 16.6. The summed E-state index contributed by atoms with van der Waals surface area (Å²) >= 11 is 0. The van der Waals surface area contributed by atoms with Crippen LogP contribution in [0.4, 0.5) is 10.3 Å². The largest absolute Gasteiger partial charge is 0.323 e. The average Bonchev–Trinajstić information content (AvgIpc) is 3.33. The van der Waals surface area contributed by atoms with Crippen molar-refractivity contribution in [1.29, 1.82) is 0 Å². The Labute approximate surface area is 172 Å². The minimum Gasteiger partial charge on any atom is -0.323 e. The van der Waals surface area contributed by atoms with Gasteiger partial charge in [-0.1, -0.05) is 35.4 Å². The van der Waals surface area contributed by atoms with Gasteiger partial charge in [0.15, 0.2) is 0 Å². The molecule has 5 rings (SSSR count). The molecule has 1 N–H and O–H groups in total. The van der Waals surface area contributed by atoms with Gasteiger partial charge in [-0.15, -0.1) is 0 Å². The summed E-state index contributed by atoms with van der Waals surface area (Å²) in [6.45, 7) is 4.76. The molecule has 150 valence electrons. The topological polar surface area (TPSA) is 73.5 Å². The van der Waals surface area contributed by atoms with Crippen LogP contribution in [-0.4, -0.2) is 30.0 Å². The van der Waals surface area contributed by atoms with Gasteiger partial charge in [-0.05, 0) is 65.7 Å². The number of benzene rings is 2. The van der Waals surface area contributed by atoms with Crippen molar-refractivity contribution in [3.05, 3.63) is 94.6 Å². The molecule has 1 atom stereocenters. The van der Waals surface area contributed by atoms with Crippen LogP contribution in [0.2, 0.25) is 0 Å². The van der Waals surface area contributed by atoms with Crippen LogP contribution in [0.5, 0.6) is 0 Å². The summed E-state index contributed by atoms with van der Waals surface area (Å²) in [5.41, 5.74) is 5.91. The molecule has 8 heteroatoms. The molecule has 0 radical (unpaired) electrons. The van der Waals surface area contributed by atoms with Crippen molar-refractivity contribution in [2.24, 2.45) is 0 Å². The van der Waals surface area contributed by atoms with Crippen LogP contribution >= 0.6 is 0 Å². The smallest absolute Gasteiger partial charge is 0.248 e. The molecule has 30 heavy (non-hydrogen) atoms. The van der Waals surface area contributed by atoms with E-state index in [9.17, 15) is 4.39 Å². The lowest BCUT2D eigenvalue weighted by atomic mass is 10.00. The van der Waals surface area contributed by atoms with Crippen molar-refractivity contribution >= 4 is 11.6 Å². The lowest BCUT2D eigenvalue weighted by Gasteiger charge is -2.23. The molecule has 0 spiro atoms. The second-order valence-corrected chi connectivity index (χ2v) is 7.33. The van der Waals surface area contributed by atoms with Crippen molar-refractivity contribution in [2.45, 2.75) is 26.4 Å². The first-order valence-corrected chi connectivity index (χ1v) is 9.70. The molecule has 0 fully saturated rings. The van der Waals surface area contributed by atoms with E-state index in [0.29, 0.717) is 12.5 Å². The molecule has 2 aromatic heterocycles. The zero-order chi connectivity index (χ0) is 20.7. The number of aromatic nitrogens is 6. The lowest BCUT2D eigenvalue weighted by molar-refractivity contribution is 0.579. The summed E-state index contributed by atoms with van der Waals surface area (Å²) in [5, 5.41) is 20.1. The van der Waals surface area contributed by atoms with Crippen LogP contribution < -0.4 is 5.32 Å². The van der Waals surface area contributed by atoms with Crippen LogP contribution in [0.3, 0.4) is 0 Å². The van der Waals surface area contributed by atoms with Crippen molar-refractivity contribution < 1.29 is 4.39 Å². The number of halogens is 1. The van der Waals surface area contributed by atoms with E-state index in [1.54, 1.807) is 16.8 Å². The first kappa shape index (κ1) is 18.2. The molecule has 0 saturated carbocycles. The Morgan fingerprint density at radius 3 is 2.57 bits per heavy atom. The van der Waals surface area contributed by atoms with Crippen molar-refractivity contribution in [2.75, 3.05) is 5.32 Å². The predicted molar refractivity (Wildman–Crippen MR) is 111 cm³/mol. The highest BCUT2D eigenvalue weighted by Crippen LogP contribution is 2.34. The van der Waals surface area contributed by atoms with E-state index in [0.717, 1.165) is 28.2 Å². The maximum absolute atomic E-state index is 13.4. The highest BCUT2D eigenvalue weighted by atomic mass is 19.1. The Morgan fingerprint density at radius 2 is 1.80 bits per heavy atom. The molecule has 1 aliphatic heterocycles. The fourth-order valence-electron chi connectivity index (χ4n) is 3.91. The summed E-state index contributed by atoms with van der Waals surface area (Å²) in [6, 6.07) is 16.4. The van der Waals surface area contributed by atoms with Gasteiger partial charge in [-0.2, -0.15) is 9.78 Å². The van der Waals surface area contributed by atoms with E-state index >= 15 is 0 Å². The Morgan fingerprint density at radius 1 is 1.03 bits per heavy atom. The van der Waals surface area contributed by atoms with Crippen LogP contribution in [0.1, 0.15) is 34.1 Å². The second kappa shape index (κ2) is 7.22. The molecule has 4 aromatic rings. The zero-order valence-electron chi connectivity index (χ0n) is 16.6. The van der Waals surface area contributed by atoms with Gasteiger partial charge in [-0.3, -0.25) is 4.68 Å². The quantitative estimate of drug-likeness (QED) is 0.564.